The van der Waals surface area contributed by atoms with Crippen molar-refractivity contribution in [2.75, 3.05) is 16.8 Å². The van der Waals surface area contributed by atoms with Crippen molar-refractivity contribution < 1.29 is 9.59 Å². The summed E-state index contributed by atoms with van der Waals surface area (Å²) in [6, 6.07) is 21.1. The van der Waals surface area contributed by atoms with Crippen LogP contribution in [0, 0.1) is 0 Å². The lowest BCUT2D eigenvalue weighted by molar-refractivity contribution is -0.134. The first kappa shape index (κ1) is 14.5. The van der Waals surface area contributed by atoms with Crippen LogP contribution in [0.5, 0.6) is 0 Å². The number of para-hydroxylation sites is 1. The molecular weight excluding hydrogens is 300 g/mol. The fourth-order valence-electron chi connectivity index (χ4n) is 3.18. The third-order valence-corrected chi connectivity index (χ3v) is 4.36. The van der Waals surface area contributed by atoms with Crippen molar-refractivity contribution in [2.45, 2.75) is 6.42 Å². The van der Waals surface area contributed by atoms with E-state index in [9.17, 15) is 9.59 Å². The molecule has 3 aromatic rings. The van der Waals surface area contributed by atoms with Crippen LogP contribution in [0.25, 0.3) is 10.8 Å². The molecule has 0 bridgehead atoms. The number of hydrogen-bond donors (Lipinski definition) is 1. The van der Waals surface area contributed by atoms with Crippen LogP contribution in [-0.2, 0) is 16.0 Å². The van der Waals surface area contributed by atoms with E-state index in [2.05, 4.69) is 5.32 Å². The lowest BCUT2D eigenvalue weighted by atomic mass is 10.1. The van der Waals surface area contributed by atoms with Crippen LogP contribution >= 0.6 is 0 Å². The summed E-state index contributed by atoms with van der Waals surface area (Å²) in [5, 5.41) is 4.70. The van der Waals surface area contributed by atoms with Crippen LogP contribution in [0.2, 0.25) is 0 Å². The fraction of sp³-hybridized carbons (Fsp3) is 0.100. The van der Waals surface area contributed by atoms with E-state index in [0.717, 1.165) is 28.4 Å². The van der Waals surface area contributed by atoms with Gasteiger partial charge >= 0.3 is 11.8 Å². The van der Waals surface area contributed by atoms with E-state index >= 15 is 0 Å². The molecule has 2 amide bonds. The summed E-state index contributed by atoms with van der Waals surface area (Å²) in [5.41, 5.74) is 2.58. The largest absolute Gasteiger partial charge is 0.317 e. The molecule has 1 N–H and O–H groups in total. The number of carbonyl (C=O) groups is 2. The molecular formula is C20H16N2O2. The monoisotopic (exact) mass is 316 g/mol. The highest BCUT2D eigenvalue weighted by Crippen LogP contribution is 2.28. The first-order chi connectivity index (χ1) is 11.7. The molecule has 4 nitrogen and oxygen atoms in total. The van der Waals surface area contributed by atoms with Gasteiger partial charge < -0.3 is 10.2 Å². The maximum absolute atomic E-state index is 12.6. The highest BCUT2D eigenvalue weighted by Gasteiger charge is 2.29. The zero-order chi connectivity index (χ0) is 16.5. The van der Waals surface area contributed by atoms with E-state index in [1.807, 2.05) is 66.7 Å². The van der Waals surface area contributed by atoms with Crippen molar-refractivity contribution in [2.24, 2.45) is 0 Å². The van der Waals surface area contributed by atoms with Crippen molar-refractivity contribution in [3.8, 4) is 0 Å². The highest BCUT2D eigenvalue weighted by atomic mass is 16.2. The molecule has 1 heterocycles. The number of rotatable bonds is 1. The average Bonchev–Trinajstić information content (AvgIpc) is 3.05. The molecule has 118 valence electrons. The minimum atomic E-state index is -0.608. The number of nitrogens with one attached hydrogen (secondary N) is 1. The molecule has 24 heavy (non-hydrogen) atoms. The molecule has 1 aliphatic rings. The van der Waals surface area contributed by atoms with Gasteiger partial charge in [0.2, 0.25) is 0 Å². The van der Waals surface area contributed by atoms with Crippen LogP contribution in [0.1, 0.15) is 5.56 Å². The lowest BCUT2D eigenvalue weighted by Gasteiger charge is -2.17. The van der Waals surface area contributed by atoms with Gasteiger partial charge in [-0.25, -0.2) is 0 Å². The summed E-state index contributed by atoms with van der Waals surface area (Å²) in [7, 11) is 0. The third kappa shape index (κ3) is 2.42. The Balaban J connectivity index is 1.59. The first-order valence-corrected chi connectivity index (χ1v) is 7.92. The Hall–Kier alpha value is -3.14. The van der Waals surface area contributed by atoms with Gasteiger partial charge in [-0.1, -0.05) is 54.6 Å². The molecule has 0 aromatic heterocycles. The highest BCUT2D eigenvalue weighted by molar-refractivity contribution is 6.45. The smallest absolute Gasteiger partial charge is 0.316 e. The van der Waals surface area contributed by atoms with Crippen molar-refractivity contribution in [1.29, 1.82) is 0 Å². The number of nitrogens with zero attached hydrogens (tertiary/aromatic N) is 1. The van der Waals surface area contributed by atoms with Crippen LogP contribution < -0.4 is 10.2 Å². The molecule has 3 aromatic carbocycles. The maximum Gasteiger partial charge on any atom is 0.316 e. The molecule has 0 atom stereocenters. The van der Waals surface area contributed by atoms with E-state index in [1.165, 1.54) is 0 Å². The molecule has 0 fully saturated rings. The summed E-state index contributed by atoms with van der Waals surface area (Å²) < 4.78 is 0. The number of fused-ring (bicyclic) bond motifs is 2. The molecule has 0 saturated carbocycles. The molecule has 4 rings (SSSR count). The van der Waals surface area contributed by atoms with Crippen molar-refractivity contribution in [3.63, 3.8) is 0 Å². The van der Waals surface area contributed by atoms with Gasteiger partial charge in [0, 0.05) is 23.3 Å². The maximum atomic E-state index is 12.6. The van der Waals surface area contributed by atoms with E-state index in [1.54, 1.807) is 4.90 Å². The topological polar surface area (TPSA) is 49.4 Å². The average molecular weight is 316 g/mol. The summed E-state index contributed by atoms with van der Waals surface area (Å²) >= 11 is 0. The first-order valence-electron chi connectivity index (χ1n) is 7.92. The molecule has 0 radical (unpaired) electrons. The number of anilines is 2. The van der Waals surface area contributed by atoms with E-state index in [0.29, 0.717) is 12.2 Å². The molecule has 0 unspecified atom stereocenters. The van der Waals surface area contributed by atoms with E-state index in [4.69, 9.17) is 0 Å². The molecule has 4 heteroatoms. The van der Waals surface area contributed by atoms with Gasteiger partial charge in [0.25, 0.3) is 0 Å². The number of carbonyl (C=O) groups excluding carboxylic acids is 2. The second kappa shape index (κ2) is 5.81. The summed E-state index contributed by atoms with van der Waals surface area (Å²) in [6.07, 6.45) is 0.781. The predicted molar refractivity (Wildman–Crippen MR) is 95.1 cm³/mol. The van der Waals surface area contributed by atoms with Gasteiger partial charge in [-0.05, 0) is 29.5 Å². The Labute approximate surface area is 139 Å². The Morgan fingerprint density at radius 2 is 1.62 bits per heavy atom. The van der Waals surface area contributed by atoms with Gasteiger partial charge in [-0.15, -0.1) is 0 Å². The van der Waals surface area contributed by atoms with Gasteiger partial charge in [-0.2, -0.15) is 0 Å². The summed E-state index contributed by atoms with van der Waals surface area (Å²) in [6.45, 7) is 0.543. The van der Waals surface area contributed by atoms with E-state index < -0.39 is 11.8 Å². The number of amides is 2. The Morgan fingerprint density at radius 1 is 0.875 bits per heavy atom. The second-order valence-corrected chi connectivity index (χ2v) is 5.82. The molecule has 0 aliphatic carbocycles. The van der Waals surface area contributed by atoms with Gasteiger partial charge in [0.05, 0.1) is 0 Å². The van der Waals surface area contributed by atoms with Gasteiger partial charge in [0.15, 0.2) is 0 Å². The van der Waals surface area contributed by atoms with Crippen molar-refractivity contribution >= 4 is 34.0 Å². The zero-order valence-electron chi connectivity index (χ0n) is 13.0. The van der Waals surface area contributed by atoms with E-state index in [-0.39, 0.29) is 0 Å². The number of benzene rings is 3. The molecule has 0 spiro atoms. The van der Waals surface area contributed by atoms with Crippen LogP contribution in [0.4, 0.5) is 11.4 Å². The lowest BCUT2D eigenvalue weighted by Crippen LogP contribution is -2.38. The van der Waals surface area contributed by atoms with Crippen LogP contribution in [-0.4, -0.2) is 18.4 Å². The van der Waals surface area contributed by atoms with Crippen LogP contribution in [0.3, 0.4) is 0 Å². The van der Waals surface area contributed by atoms with Gasteiger partial charge in [-0.3, -0.25) is 9.59 Å². The Kier molecular flexibility index (Phi) is 3.50. The Morgan fingerprint density at radius 3 is 2.54 bits per heavy atom. The second-order valence-electron chi connectivity index (χ2n) is 5.82. The standard InChI is InChI=1S/C20H16N2O2/c23-19(20(24)22-13-12-15-7-2-4-11-18(15)22)21-17-10-5-8-14-6-1-3-9-16(14)17/h1-11H,12-13H2,(H,21,23). The normalized spacial score (nSPS) is 12.9. The van der Waals surface area contributed by atoms with Crippen molar-refractivity contribution in [3.05, 3.63) is 72.3 Å². The summed E-state index contributed by atoms with van der Waals surface area (Å²) in [5.74, 6) is -1.13. The Bertz CT molecular complexity index is 944. The summed E-state index contributed by atoms with van der Waals surface area (Å²) in [4.78, 5) is 26.6. The van der Waals surface area contributed by atoms with Gasteiger partial charge in [0.1, 0.15) is 0 Å². The van der Waals surface area contributed by atoms with Crippen molar-refractivity contribution in [1.82, 2.24) is 0 Å². The minimum Gasteiger partial charge on any atom is -0.317 e. The number of hydrogen-bond acceptors (Lipinski definition) is 2. The molecule has 1 aliphatic heterocycles. The predicted octanol–water partition coefficient (Wildman–Crippen LogP) is 3.37. The quantitative estimate of drug-likeness (QED) is 0.700. The van der Waals surface area contributed by atoms with Crippen LogP contribution in [0.15, 0.2) is 66.7 Å². The molecule has 0 saturated heterocycles. The minimum absolute atomic E-state index is 0.520. The third-order valence-electron chi connectivity index (χ3n) is 4.36. The fourth-order valence-corrected chi connectivity index (χ4v) is 3.18. The zero-order valence-corrected chi connectivity index (χ0v) is 13.0. The SMILES string of the molecule is O=C(Nc1cccc2ccccc12)C(=O)N1CCc2ccccc21.